The van der Waals surface area contributed by atoms with Crippen LogP contribution in [0.3, 0.4) is 0 Å². The maximum Gasteiger partial charge on any atom is 0.127 e. The van der Waals surface area contributed by atoms with Crippen molar-refractivity contribution in [2.24, 2.45) is 0 Å². The topological polar surface area (TPSA) is 56.0 Å². The second kappa shape index (κ2) is 5.06. The molecule has 0 fully saturated rings. The van der Waals surface area contributed by atoms with Crippen LogP contribution in [0.25, 0.3) is 0 Å². The third kappa shape index (κ3) is 3.97. The van der Waals surface area contributed by atoms with Crippen LogP contribution >= 0.6 is 0 Å². The van der Waals surface area contributed by atoms with E-state index in [-0.39, 0.29) is 5.82 Å². The molecule has 0 heterocycles. The molecule has 0 radical (unpaired) electrons. The Bertz CT molecular complexity index is 404. The molecule has 16 heavy (non-hydrogen) atoms. The maximum absolute atomic E-state index is 13.3. The molecule has 0 aliphatic rings. The summed E-state index contributed by atoms with van der Waals surface area (Å²) in [5.74, 6) is -0.345. The Morgan fingerprint density at radius 3 is 2.75 bits per heavy atom. The number of nitrogens with zero attached hydrogens (tertiary/aromatic N) is 1. The number of benzene rings is 1. The Kier molecular flexibility index (Phi) is 3.99. The quantitative estimate of drug-likeness (QED) is 0.812. The highest BCUT2D eigenvalue weighted by molar-refractivity contribution is 5.33. The molecule has 0 atom stereocenters. The van der Waals surface area contributed by atoms with Gasteiger partial charge in [-0.05, 0) is 32.0 Å². The van der Waals surface area contributed by atoms with Crippen LogP contribution in [0.15, 0.2) is 18.2 Å². The van der Waals surface area contributed by atoms with E-state index in [4.69, 9.17) is 5.26 Å². The third-order valence-electron chi connectivity index (χ3n) is 2.05. The molecule has 0 amide bonds. The van der Waals surface area contributed by atoms with E-state index in [1.165, 1.54) is 18.2 Å². The summed E-state index contributed by atoms with van der Waals surface area (Å²) >= 11 is 0. The van der Waals surface area contributed by atoms with Gasteiger partial charge in [-0.2, -0.15) is 5.26 Å². The third-order valence-corrected chi connectivity index (χ3v) is 2.05. The fraction of sp³-hybridized carbons (Fsp3) is 0.417. The van der Waals surface area contributed by atoms with Crippen LogP contribution < -0.4 is 5.32 Å². The lowest BCUT2D eigenvalue weighted by atomic mass is 10.1. The number of halogens is 1. The summed E-state index contributed by atoms with van der Waals surface area (Å²) in [6.07, 6.45) is 0. The van der Waals surface area contributed by atoms with E-state index < -0.39 is 5.60 Å². The molecular weight excluding hydrogens is 207 g/mol. The van der Waals surface area contributed by atoms with Gasteiger partial charge >= 0.3 is 0 Å². The molecular formula is C12H15FN2O. The zero-order chi connectivity index (χ0) is 12.2. The molecule has 0 aliphatic heterocycles. The van der Waals surface area contributed by atoms with Gasteiger partial charge in [-0.1, -0.05) is 0 Å². The summed E-state index contributed by atoms with van der Waals surface area (Å²) in [6.45, 7) is 4.00. The first-order valence-corrected chi connectivity index (χ1v) is 5.04. The van der Waals surface area contributed by atoms with Crippen molar-refractivity contribution in [3.63, 3.8) is 0 Å². The van der Waals surface area contributed by atoms with Gasteiger partial charge in [-0.15, -0.1) is 0 Å². The highest BCUT2D eigenvalue weighted by atomic mass is 19.1. The Hall–Kier alpha value is -1.44. The van der Waals surface area contributed by atoms with Crippen LogP contribution in [0, 0.1) is 17.1 Å². The highest BCUT2D eigenvalue weighted by Crippen LogP contribution is 2.10. The molecule has 3 nitrogen and oxygen atoms in total. The van der Waals surface area contributed by atoms with E-state index in [0.717, 1.165) is 0 Å². The molecule has 1 aromatic carbocycles. The largest absolute Gasteiger partial charge is 0.389 e. The van der Waals surface area contributed by atoms with Crippen molar-refractivity contribution < 1.29 is 9.50 Å². The van der Waals surface area contributed by atoms with E-state index in [0.29, 0.717) is 24.2 Å². The number of nitrogens with one attached hydrogen (secondary N) is 1. The zero-order valence-corrected chi connectivity index (χ0v) is 9.42. The maximum atomic E-state index is 13.3. The average molecular weight is 222 g/mol. The summed E-state index contributed by atoms with van der Waals surface area (Å²) in [6, 6.07) is 6.18. The van der Waals surface area contributed by atoms with E-state index in [9.17, 15) is 9.50 Å². The van der Waals surface area contributed by atoms with Crippen LogP contribution in [0.5, 0.6) is 0 Å². The minimum Gasteiger partial charge on any atom is -0.389 e. The summed E-state index contributed by atoms with van der Waals surface area (Å²) < 4.78 is 13.3. The Morgan fingerprint density at radius 1 is 1.50 bits per heavy atom. The van der Waals surface area contributed by atoms with Crippen molar-refractivity contribution in [2.75, 3.05) is 6.54 Å². The normalized spacial score (nSPS) is 11.2. The molecule has 4 heteroatoms. The van der Waals surface area contributed by atoms with E-state index >= 15 is 0 Å². The highest BCUT2D eigenvalue weighted by Gasteiger charge is 2.12. The van der Waals surface area contributed by atoms with Gasteiger partial charge < -0.3 is 10.4 Å². The molecule has 0 unspecified atom stereocenters. The fourth-order valence-corrected chi connectivity index (χ4v) is 1.28. The second-order valence-corrected chi connectivity index (χ2v) is 4.33. The molecule has 0 spiro atoms. The van der Waals surface area contributed by atoms with Crippen LogP contribution in [-0.4, -0.2) is 17.3 Å². The van der Waals surface area contributed by atoms with Gasteiger partial charge in [0.15, 0.2) is 0 Å². The van der Waals surface area contributed by atoms with E-state index in [2.05, 4.69) is 5.32 Å². The predicted octanol–water partition coefficient (Wildman–Crippen LogP) is 1.56. The van der Waals surface area contributed by atoms with Gasteiger partial charge in [-0.25, -0.2) is 4.39 Å². The molecule has 0 aromatic heterocycles. The molecule has 0 bridgehead atoms. The van der Waals surface area contributed by atoms with Gasteiger partial charge in [0.25, 0.3) is 0 Å². The first-order chi connectivity index (χ1) is 7.42. The minimum atomic E-state index is -0.830. The average Bonchev–Trinajstić information content (AvgIpc) is 2.19. The summed E-state index contributed by atoms with van der Waals surface area (Å²) in [5.41, 5.74) is 0.0355. The number of aliphatic hydroxyl groups is 1. The van der Waals surface area contributed by atoms with Crippen LogP contribution in [0.2, 0.25) is 0 Å². The molecule has 0 aliphatic carbocycles. The molecule has 0 saturated carbocycles. The molecule has 2 N–H and O–H groups in total. The standard InChI is InChI=1S/C12H15FN2O/c1-12(2,16)8-15-7-10-5-9(6-14)3-4-11(10)13/h3-5,15-16H,7-8H2,1-2H3. The summed E-state index contributed by atoms with van der Waals surface area (Å²) in [4.78, 5) is 0. The molecule has 86 valence electrons. The lowest BCUT2D eigenvalue weighted by Crippen LogP contribution is -2.34. The zero-order valence-electron chi connectivity index (χ0n) is 9.42. The summed E-state index contributed by atoms with van der Waals surface area (Å²) in [7, 11) is 0. The number of hydrogen-bond donors (Lipinski definition) is 2. The lowest BCUT2D eigenvalue weighted by Gasteiger charge is -2.17. The predicted molar refractivity (Wildman–Crippen MR) is 59.1 cm³/mol. The second-order valence-electron chi connectivity index (χ2n) is 4.33. The Balaban J connectivity index is 2.64. The van der Waals surface area contributed by atoms with Crippen molar-refractivity contribution in [2.45, 2.75) is 26.0 Å². The van der Waals surface area contributed by atoms with Crippen LogP contribution in [0.1, 0.15) is 25.0 Å². The van der Waals surface area contributed by atoms with Crippen molar-refractivity contribution in [1.82, 2.24) is 5.32 Å². The lowest BCUT2D eigenvalue weighted by molar-refractivity contribution is 0.0794. The monoisotopic (exact) mass is 222 g/mol. The molecule has 1 rings (SSSR count). The van der Waals surface area contributed by atoms with Crippen molar-refractivity contribution in [3.05, 3.63) is 35.1 Å². The SMILES string of the molecule is CC(C)(O)CNCc1cc(C#N)ccc1F. The van der Waals surface area contributed by atoms with Crippen molar-refractivity contribution in [1.29, 1.82) is 5.26 Å². The molecule has 1 aromatic rings. The number of hydrogen-bond acceptors (Lipinski definition) is 3. The van der Waals surface area contributed by atoms with Gasteiger partial charge in [-0.3, -0.25) is 0 Å². The Morgan fingerprint density at radius 2 is 2.19 bits per heavy atom. The fourth-order valence-electron chi connectivity index (χ4n) is 1.28. The van der Waals surface area contributed by atoms with Gasteiger partial charge in [0, 0.05) is 18.7 Å². The van der Waals surface area contributed by atoms with Gasteiger partial charge in [0.05, 0.1) is 17.2 Å². The van der Waals surface area contributed by atoms with Crippen LogP contribution in [-0.2, 0) is 6.54 Å². The van der Waals surface area contributed by atoms with Gasteiger partial charge in [0.2, 0.25) is 0 Å². The van der Waals surface area contributed by atoms with Crippen molar-refractivity contribution >= 4 is 0 Å². The van der Waals surface area contributed by atoms with Crippen LogP contribution in [0.4, 0.5) is 4.39 Å². The minimum absolute atomic E-state index is 0.297. The van der Waals surface area contributed by atoms with Crippen molar-refractivity contribution in [3.8, 4) is 6.07 Å². The Labute approximate surface area is 94.5 Å². The smallest absolute Gasteiger partial charge is 0.127 e. The summed E-state index contributed by atoms with van der Waals surface area (Å²) in [5, 5.41) is 21.1. The van der Waals surface area contributed by atoms with Gasteiger partial charge in [0.1, 0.15) is 5.82 Å². The van der Waals surface area contributed by atoms with E-state index in [1.54, 1.807) is 13.8 Å². The number of rotatable bonds is 4. The first kappa shape index (κ1) is 12.6. The first-order valence-electron chi connectivity index (χ1n) is 5.04. The van der Waals surface area contributed by atoms with E-state index in [1.807, 2.05) is 6.07 Å². The molecule has 0 saturated heterocycles. The number of nitriles is 1.